The van der Waals surface area contributed by atoms with Crippen molar-refractivity contribution in [3.63, 3.8) is 0 Å². The van der Waals surface area contributed by atoms with E-state index in [4.69, 9.17) is 16.3 Å². The van der Waals surface area contributed by atoms with E-state index in [2.05, 4.69) is 12.2 Å². The summed E-state index contributed by atoms with van der Waals surface area (Å²) in [5, 5.41) is 3.48. The largest absolute Gasteiger partial charge is 0.455 e. The van der Waals surface area contributed by atoms with Crippen LogP contribution in [0, 0.1) is 5.92 Å². The summed E-state index contributed by atoms with van der Waals surface area (Å²) in [5.74, 6) is -0.192. The molecule has 0 bridgehead atoms. The molecule has 2 atom stereocenters. The molecule has 1 aromatic carbocycles. The number of benzene rings is 1. The Morgan fingerprint density at radius 1 is 1.27 bits per heavy atom. The monoisotopic (exact) mass is 323 g/mol. The lowest BCUT2D eigenvalue weighted by atomic mass is 9.86. The van der Waals surface area contributed by atoms with E-state index in [1.165, 1.54) is 6.42 Å². The summed E-state index contributed by atoms with van der Waals surface area (Å²) in [6.45, 7) is 1.92. The van der Waals surface area contributed by atoms with Gasteiger partial charge >= 0.3 is 5.97 Å². The van der Waals surface area contributed by atoms with E-state index in [1.54, 1.807) is 18.2 Å². The van der Waals surface area contributed by atoms with Gasteiger partial charge in [-0.05, 0) is 30.4 Å². The third kappa shape index (κ3) is 5.02. The van der Waals surface area contributed by atoms with Gasteiger partial charge in [-0.3, -0.25) is 9.59 Å². The zero-order valence-electron chi connectivity index (χ0n) is 12.8. The normalized spacial score (nSPS) is 21.2. The maximum absolute atomic E-state index is 11.9. The zero-order valence-corrected chi connectivity index (χ0v) is 13.6. The Bertz CT molecular complexity index is 532. The van der Waals surface area contributed by atoms with Crippen LogP contribution in [0.25, 0.3) is 0 Å². The highest BCUT2D eigenvalue weighted by molar-refractivity contribution is 6.31. The number of hydrogen-bond donors (Lipinski definition) is 1. The molecule has 1 aliphatic carbocycles. The third-order valence-corrected chi connectivity index (χ3v) is 4.48. The lowest BCUT2D eigenvalue weighted by molar-refractivity contribution is -0.148. The number of rotatable bonds is 5. The quantitative estimate of drug-likeness (QED) is 0.847. The van der Waals surface area contributed by atoms with Crippen molar-refractivity contribution in [1.82, 2.24) is 5.32 Å². The molecule has 4 nitrogen and oxygen atoms in total. The van der Waals surface area contributed by atoms with Crippen molar-refractivity contribution in [2.45, 2.75) is 45.1 Å². The molecule has 0 aromatic heterocycles. The first-order chi connectivity index (χ1) is 10.6. The Kier molecular flexibility index (Phi) is 6.25. The van der Waals surface area contributed by atoms with Crippen LogP contribution >= 0.6 is 11.6 Å². The maximum atomic E-state index is 11.9. The first kappa shape index (κ1) is 16.8. The molecule has 1 N–H and O–H groups in total. The number of carbonyl (C=O) groups excluding carboxylic acids is 2. The molecular formula is C17H22ClNO3. The van der Waals surface area contributed by atoms with Gasteiger partial charge in [0, 0.05) is 11.1 Å². The summed E-state index contributed by atoms with van der Waals surface area (Å²) < 4.78 is 5.03. The molecule has 0 spiro atoms. The molecule has 120 valence electrons. The third-order valence-electron chi connectivity index (χ3n) is 4.11. The topological polar surface area (TPSA) is 55.4 Å². The molecule has 0 unspecified atom stereocenters. The Morgan fingerprint density at radius 3 is 2.73 bits per heavy atom. The first-order valence-corrected chi connectivity index (χ1v) is 8.12. The Labute approximate surface area is 136 Å². The fourth-order valence-electron chi connectivity index (χ4n) is 2.77. The summed E-state index contributed by atoms with van der Waals surface area (Å²) in [5.41, 5.74) is 0.704. The molecule has 0 heterocycles. The van der Waals surface area contributed by atoms with E-state index < -0.39 is 5.97 Å². The lowest BCUT2D eigenvalue weighted by Gasteiger charge is -2.29. The minimum Gasteiger partial charge on any atom is -0.455 e. The van der Waals surface area contributed by atoms with Crippen LogP contribution in [0.4, 0.5) is 0 Å². The molecule has 5 heteroatoms. The number of ether oxygens (including phenoxy) is 1. The van der Waals surface area contributed by atoms with Crippen LogP contribution in [0.3, 0.4) is 0 Å². The van der Waals surface area contributed by atoms with Gasteiger partial charge < -0.3 is 10.1 Å². The predicted molar refractivity (Wildman–Crippen MR) is 85.7 cm³/mol. The van der Waals surface area contributed by atoms with Gasteiger partial charge in [-0.15, -0.1) is 0 Å². The van der Waals surface area contributed by atoms with Gasteiger partial charge in [0.05, 0.1) is 6.42 Å². The molecule has 1 aliphatic rings. The van der Waals surface area contributed by atoms with E-state index in [0.29, 0.717) is 16.5 Å². The average molecular weight is 324 g/mol. The van der Waals surface area contributed by atoms with Gasteiger partial charge in [-0.2, -0.15) is 0 Å². The molecule has 1 fully saturated rings. The summed E-state index contributed by atoms with van der Waals surface area (Å²) in [4.78, 5) is 23.6. The molecule has 1 amide bonds. The van der Waals surface area contributed by atoms with E-state index >= 15 is 0 Å². The van der Waals surface area contributed by atoms with Crippen LogP contribution in [0.1, 0.15) is 38.2 Å². The summed E-state index contributed by atoms with van der Waals surface area (Å²) >= 11 is 5.99. The molecule has 0 aliphatic heterocycles. The fourth-order valence-corrected chi connectivity index (χ4v) is 2.98. The van der Waals surface area contributed by atoms with Gasteiger partial charge in [0.1, 0.15) is 0 Å². The van der Waals surface area contributed by atoms with E-state index in [9.17, 15) is 9.59 Å². The SMILES string of the molecule is C[C@@H]1CCCC[C@@H]1NC(=O)COC(=O)Cc1ccccc1Cl. The molecule has 1 aromatic rings. The molecule has 0 radical (unpaired) electrons. The second-order valence-corrected chi connectivity index (χ2v) is 6.27. The van der Waals surface area contributed by atoms with E-state index in [1.807, 2.05) is 6.07 Å². The highest BCUT2D eigenvalue weighted by atomic mass is 35.5. The van der Waals surface area contributed by atoms with Crippen molar-refractivity contribution >= 4 is 23.5 Å². The Balaban J connectivity index is 1.74. The standard InChI is InChI=1S/C17H22ClNO3/c1-12-6-2-5-9-15(12)19-16(20)11-22-17(21)10-13-7-3-4-8-14(13)18/h3-4,7-8,12,15H,2,5-6,9-11H2,1H3,(H,19,20)/t12-,15+/m1/s1. The van der Waals surface area contributed by atoms with Crippen LogP contribution in [0.2, 0.25) is 5.02 Å². The second-order valence-electron chi connectivity index (χ2n) is 5.86. The van der Waals surface area contributed by atoms with E-state index in [0.717, 1.165) is 19.3 Å². The van der Waals surface area contributed by atoms with Crippen LogP contribution in [0.15, 0.2) is 24.3 Å². The molecular weight excluding hydrogens is 302 g/mol. The first-order valence-electron chi connectivity index (χ1n) is 7.74. The van der Waals surface area contributed by atoms with E-state index in [-0.39, 0.29) is 25.0 Å². The van der Waals surface area contributed by atoms with Crippen molar-refractivity contribution in [1.29, 1.82) is 0 Å². The Hall–Kier alpha value is -1.55. The highest BCUT2D eigenvalue weighted by Gasteiger charge is 2.23. The lowest BCUT2D eigenvalue weighted by Crippen LogP contribution is -2.42. The minimum atomic E-state index is -0.444. The van der Waals surface area contributed by atoms with Crippen molar-refractivity contribution in [3.8, 4) is 0 Å². The predicted octanol–water partition coefficient (Wildman–Crippen LogP) is 3.12. The number of nitrogens with one attached hydrogen (secondary N) is 1. The van der Waals surface area contributed by atoms with Crippen LogP contribution in [0.5, 0.6) is 0 Å². The van der Waals surface area contributed by atoms with Gasteiger partial charge in [0.25, 0.3) is 5.91 Å². The smallest absolute Gasteiger partial charge is 0.310 e. The molecule has 2 rings (SSSR count). The molecule has 1 saturated carbocycles. The van der Waals surface area contributed by atoms with Crippen LogP contribution < -0.4 is 5.32 Å². The zero-order chi connectivity index (χ0) is 15.9. The number of carbonyl (C=O) groups is 2. The summed E-state index contributed by atoms with van der Waals surface area (Å²) in [7, 11) is 0. The second kappa shape index (κ2) is 8.18. The maximum Gasteiger partial charge on any atom is 0.310 e. The Morgan fingerprint density at radius 2 is 2.00 bits per heavy atom. The average Bonchev–Trinajstić information content (AvgIpc) is 2.50. The number of esters is 1. The van der Waals surface area contributed by atoms with Gasteiger partial charge in [-0.1, -0.05) is 49.6 Å². The number of amides is 1. The van der Waals surface area contributed by atoms with Crippen LogP contribution in [-0.2, 0) is 20.7 Å². The summed E-state index contributed by atoms with van der Waals surface area (Å²) in [6, 6.07) is 7.31. The van der Waals surface area contributed by atoms with Gasteiger partial charge in [0.15, 0.2) is 6.61 Å². The molecule has 0 saturated heterocycles. The van der Waals surface area contributed by atoms with Gasteiger partial charge in [0.2, 0.25) is 0 Å². The highest BCUT2D eigenvalue weighted by Crippen LogP contribution is 2.23. The van der Waals surface area contributed by atoms with Gasteiger partial charge in [-0.25, -0.2) is 0 Å². The number of hydrogen-bond acceptors (Lipinski definition) is 3. The van der Waals surface area contributed by atoms with Crippen molar-refractivity contribution in [3.05, 3.63) is 34.9 Å². The number of halogens is 1. The fraction of sp³-hybridized carbons (Fsp3) is 0.529. The molecule has 22 heavy (non-hydrogen) atoms. The summed E-state index contributed by atoms with van der Waals surface area (Å²) in [6.07, 6.45) is 4.58. The van der Waals surface area contributed by atoms with Crippen molar-refractivity contribution in [2.24, 2.45) is 5.92 Å². The minimum absolute atomic E-state index is 0.0762. The van der Waals surface area contributed by atoms with Crippen LogP contribution in [-0.4, -0.2) is 24.5 Å². The van der Waals surface area contributed by atoms with Crippen molar-refractivity contribution < 1.29 is 14.3 Å². The van der Waals surface area contributed by atoms with Crippen molar-refractivity contribution in [2.75, 3.05) is 6.61 Å².